The zero-order valence-electron chi connectivity index (χ0n) is 17.6. The number of nitrogens with two attached hydrogens (primary N) is 1. The molecule has 0 aromatic carbocycles. The Morgan fingerprint density at radius 1 is 1.35 bits per heavy atom. The number of amides is 2. The summed E-state index contributed by atoms with van der Waals surface area (Å²) < 4.78 is 40.3. The van der Waals surface area contributed by atoms with Crippen LogP contribution in [0.25, 0.3) is 10.4 Å². The molecule has 2 aromatic heterocycles. The molecule has 2 atom stereocenters. The lowest BCUT2D eigenvalue weighted by atomic mass is 9.87. The van der Waals surface area contributed by atoms with Gasteiger partial charge in [-0.3, -0.25) is 10.3 Å². The molecule has 2 amide bonds. The van der Waals surface area contributed by atoms with Crippen LogP contribution in [0.5, 0.6) is 0 Å². The fraction of sp³-hybridized carbons (Fsp3) is 0.500. The summed E-state index contributed by atoms with van der Waals surface area (Å²) in [5, 5.41) is 3.14. The Morgan fingerprint density at radius 3 is 2.65 bits per heavy atom. The molecular formula is C20H24F3N5OS2. The van der Waals surface area contributed by atoms with E-state index < -0.39 is 11.6 Å². The first-order chi connectivity index (χ1) is 14.3. The van der Waals surface area contributed by atoms with Crippen LogP contribution in [0.3, 0.4) is 0 Å². The van der Waals surface area contributed by atoms with Crippen LogP contribution in [0, 0.1) is 6.92 Å². The Morgan fingerprint density at radius 2 is 2.03 bits per heavy atom. The summed E-state index contributed by atoms with van der Waals surface area (Å²) in [4.78, 5) is 23.7. The maximum absolute atomic E-state index is 13.4. The third-order valence-corrected chi connectivity index (χ3v) is 7.01. The van der Waals surface area contributed by atoms with Crippen LogP contribution in [0.4, 0.5) is 23.1 Å². The Bertz CT molecular complexity index is 1000. The van der Waals surface area contributed by atoms with Crippen LogP contribution in [0.15, 0.2) is 18.3 Å². The number of anilines is 1. The number of urea groups is 1. The van der Waals surface area contributed by atoms with Gasteiger partial charge in [-0.15, -0.1) is 0 Å². The SMILES string of the molecule is Cc1nc(NC(=O)N2[C@@H](C)CC[C@H]2C(N)=S)sc1-c1ccnc(C(C)(C)C(F)(F)F)c1. The van der Waals surface area contributed by atoms with E-state index in [2.05, 4.69) is 15.3 Å². The molecular weight excluding hydrogens is 447 g/mol. The first-order valence-corrected chi connectivity index (χ1v) is 10.9. The minimum Gasteiger partial charge on any atom is -0.392 e. The van der Waals surface area contributed by atoms with Crippen molar-refractivity contribution >= 4 is 39.7 Å². The number of likely N-dealkylation sites (tertiary alicyclic amines) is 1. The number of thiazole rings is 1. The maximum atomic E-state index is 13.4. The third kappa shape index (κ3) is 4.52. The molecule has 11 heteroatoms. The smallest absolute Gasteiger partial charge is 0.392 e. The van der Waals surface area contributed by atoms with E-state index in [4.69, 9.17) is 18.0 Å². The Kier molecular flexibility index (Phi) is 6.30. The van der Waals surface area contributed by atoms with Gasteiger partial charge in [-0.1, -0.05) is 23.6 Å². The number of alkyl halides is 3. The molecule has 31 heavy (non-hydrogen) atoms. The van der Waals surface area contributed by atoms with Crippen LogP contribution in [0.2, 0.25) is 0 Å². The first kappa shape index (κ1) is 23.4. The van der Waals surface area contributed by atoms with Crippen molar-refractivity contribution in [1.82, 2.24) is 14.9 Å². The van der Waals surface area contributed by atoms with Crippen molar-refractivity contribution in [2.45, 2.75) is 64.2 Å². The molecule has 3 rings (SSSR count). The van der Waals surface area contributed by atoms with Crippen LogP contribution in [0.1, 0.15) is 45.0 Å². The number of aromatic nitrogens is 2. The van der Waals surface area contributed by atoms with Gasteiger partial charge in [0.25, 0.3) is 0 Å². The summed E-state index contributed by atoms with van der Waals surface area (Å²) in [5.41, 5.74) is 4.76. The second kappa shape index (κ2) is 8.34. The zero-order chi connectivity index (χ0) is 23.1. The second-order valence-corrected chi connectivity index (χ2v) is 9.64. The molecule has 1 fully saturated rings. The number of carbonyl (C=O) groups excluding carboxylic acids is 1. The predicted molar refractivity (Wildman–Crippen MR) is 119 cm³/mol. The van der Waals surface area contributed by atoms with E-state index in [0.29, 0.717) is 27.7 Å². The summed E-state index contributed by atoms with van der Waals surface area (Å²) in [6.07, 6.45) is -1.57. The summed E-state index contributed by atoms with van der Waals surface area (Å²) in [6, 6.07) is 2.38. The standard InChI is InChI=1S/C20H24F3N5OS2/c1-10-5-6-13(16(24)30)28(10)18(29)27-17-26-11(2)15(31-17)12-7-8-25-14(9-12)19(3,4)20(21,22)23/h7-10,13H,5-6H2,1-4H3,(H2,24,30)(H,26,27,29)/t10-,13-/m0/s1. The number of aryl methyl sites for hydroxylation is 1. The predicted octanol–water partition coefficient (Wildman–Crippen LogP) is 5.02. The number of halogens is 3. The van der Waals surface area contributed by atoms with E-state index in [0.717, 1.165) is 20.3 Å². The number of nitrogens with zero attached hydrogens (tertiary/aromatic N) is 3. The largest absolute Gasteiger partial charge is 0.399 e. The summed E-state index contributed by atoms with van der Waals surface area (Å²) >= 11 is 6.28. The van der Waals surface area contributed by atoms with Gasteiger partial charge in [0, 0.05) is 12.2 Å². The van der Waals surface area contributed by atoms with Crippen molar-refractivity contribution < 1.29 is 18.0 Å². The molecule has 0 unspecified atom stereocenters. The van der Waals surface area contributed by atoms with Crippen LogP contribution in [-0.4, -0.2) is 44.1 Å². The zero-order valence-corrected chi connectivity index (χ0v) is 19.2. The van der Waals surface area contributed by atoms with Crippen molar-refractivity contribution in [2.75, 3.05) is 5.32 Å². The Labute approximate surface area is 188 Å². The normalized spacial score (nSPS) is 19.5. The van der Waals surface area contributed by atoms with Gasteiger partial charge in [0.2, 0.25) is 0 Å². The third-order valence-electron chi connectivity index (χ3n) is 5.61. The lowest BCUT2D eigenvalue weighted by molar-refractivity contribution is -0.181. The van der Waals surface area contributed by atoms with E-state index in [-0.39, 0.29) is 28.8 Å². The molecule has 2 aromatic rings. The topological polar surface area (TPSA) is 84.1 Å². The number of rotatable bonds is 4. The van der Waals surface area contributed by atoms with Crippen molar-refractivity contribution in [3.8, 4) is 10.4 Å². The summed E-state index contributed by atoms with van der Waals surface area (Å²) in [7, 11) is 0. The molecule has 3 N–H and O–H groups in total. The molecule has 0 radical (unpaired) electrons. The molecule has 3 heterocycles. The molecule has 0 bridgehead atoms. The average Bonchev–Trinajstić information content (AvgIpc) is 3.23. The molecule has 0 saturated carbocycles. The van der Waals surface area contributed by atoms with Gasteiger partial charge < -0.3 is 10.6 Å². The van der Waals surface area contributed by atoms with Gasteiger partial charge in [-0.05, 0) is 58.2 Å². The van der Waals surface area contributed by atoms with Crippen molar-refractivity contribution in [1.29, 1.82) is 0 Å². The fourth-order valence-corrected chi connectivity index (χ4v) is 4.72. The van der Waals surface area contributed by atoms with Gasteiger partial charge in [-0.25, -0.2) is 9.78 Å². The van der Waals surface area contributed by atoms with E-state index in [1.54, 1.807) is 17.9 Å². The van der Waals surface area contributed by atoms with Crippen molar-refractivity contribution in [2.24, 2.45) is 5.73 Å². The molecule has 168 valence electrons. The van der Waals surface area contributed by atoms with Gasteiger partial charge in [-0.2, -0.15) is 13.2 Å². The van der Waals surface area contributed by atoms with Crippen molar-refractivity contribution in [3.05, 3.63) is 29.7 Å². The summed E-state index contributed by atoms with van der Waals surface area (Å²) in [5.74, 6) is 0. The molecule has 1 saturated heterocycles. The molecule has 6 nitrogen and oxygen atoms in total. The number of hydrogen-bond acceptors (Lipinski definition) is 5. The van der Waals surface area contributed by atoms with E-state index in [9.17, 15) is 18.0 Å². The minimum absolute atomic E-state index is 0.0145. The second-order valence-electron chi connectivity index (χ2n) is 8.17. The fourth-order valence-electron chi connectivity index (χ4n) is 3.54. The van der Waals surface area contributed by atoms with Gasteiger partial charge in [0.05, 0.1) is 27.3 Å². The van der Waals surface area contributed by atoms with Crippen LogP contribution in [-0.2, 0) is 5.41 Å². The highest BCUT2D eigenvalue weighted by atomic mass is 32.1. The highest BCUT2D eigenvalue weighted by Gasteiger charge is 2.49. The monoisotopic (exact) mass is 471 g/mol. The van der Waals surface area contributed by atoms with E-state index >= 15 is 0 Å². The highest BCUT2D eigenvalue weighted by molar-refractivity contribution is 7.80. The maximum Gasteiger partial charge on any atom is 0.399 e. The number of nitrogens with one attached hydrogen (secondary N) is 1. The minimum atomic E-state index is -4.44. The van der Waals surface area contributed by atoms with Gasteiger partial charge >= 0.3 is 12.2 Å². The number of hydrogen-bond donors (Lipinski definition) is 2. The van der Waals surface area contributed by atoms with Gasteiger partial charge in [0.1, 0.15) is 5.41 Å². The molecule has 0 aliphatic carbocycles. The Hall–Kier alpha value is -2.27. The highest BCUT2D eigenvalue weighted by Crippen LogP contribution is 2.41. The quantitative estimate of drug-likeness (QED) is 0.612. The number of thiocarbonyl (C=S) groups is 1. The van der Waals surface area contributed by atoms with Crippen molar-refractivity contribution in [3.63, 3.8) is 0 Å². The molecule has 1 aliphatic heterocycles. The van der Waals surface area contributed by atoms with Crippen LogP contribution < -0.4 is 11.1 Å². The average molecular weight is 472 g/mol. The molecule has 1 aliphatic rings. The Balaban J connectivity index is 1.86. The molecule has 0 spiro atoms. The summed E-state index contributed by atoms with van der Waals surface area (Å²) in [6.45, 7) is 5.86. The lowest BCUT2D eigenvalue weighted by Gasteiger charge is -2.27. The van der Waals surface area contributed by atoms with Crippen LogP contribution >= 0.6 is 23.6 Å². The van der Waals surface area contributed by atoms with Gasteiger partial charge in [0.15, 0.2) is 5.13 Å². The number of carbonyl (C=O) groups is 1. The lowest BCUT2D eigenvalue weighted by Crippen LogP contribution is -2.47. The number of pyridine rings is 1. The van der Waals surface area contributed by atoms with E-state index in [1.165, 1.54) is 23.6 Å². The van der Waals surface area contributed by atoms with E-state index in [1.807, 2.05) is 6.92 Å². The first-order valence-electron chi connectivity index (χ1n) is 9.72.